The van der Waals surface area contributed by atoms with Gasteiger partial charge >= 0.3 is 12.4 Å². The summed E-state index contributed by atoms with van der Waals surface area (Å²) in [6, 6.07) is 9.85. The highest BCUT2D eigenvalue weighted by atomic mass is 19.4. The molecule has 0 aromatic heterocycles. The van der Waals surface area contributed by atoms with Crippen molar-refractivity contribution in [3.05, 3.63) is 65.2 Å². The van der Waals surface area contributed by atoms with Gasteiger partial charge in [0.1, 0.15) is 5.75 Å². The minimum atomic E-state index is -4.88. The molecule has 3 rings (SSSR count). The van der Waals surface area contributed by atoms with Crippen LogP contribution < -0.4 is 4.74 Å². The molecule has 0 amide bonds. The summed E-state index contributed by atoms with van der Waals surface area (Å²) in [5, 5.41) is 0. The first kappa shape index (κ1) is 15.7. The number of alkyl halides is 6. The molecule has 1 atom stereocenters. The maximum absolute atomic E-state index is 13.7. The van der Waals surface area contributed by atoms with Gasteiger partial charge in [-0.3, -0.25) is 0 Å². The Hall–Kier alpha value is -2.18. The lowest BCUT2D eigenvalue weighted by molar-refractivity contribution is -0.248. The highest BCUT2D eigenvalue weighted by molar-refractivity contribution is 5.44. The summed E-state index contributed by atoms with van der Waals surface area (Å²) in [7, 11) is 0. The average Bonchev–Trinajstić information content (AvgIpc) is 2.87. The van der Waals surface area contributed by atoms with Crippen LogP contribution in [0.15, 0.2) is 42.5 Å². The van der Waals surface area contributed by atoms with Crippen molar-refractivity contribution in [2.45, 2.75) is 24.4 Å². The summed E-state index contributed by atoms with van der Waals surface area (Å²) in [6.45, 7) is 0. The van der Waals surface area contributed by atoms with E-state index in [1.165, 1.54) is 18.2 Å². The normalized spacial score (nSPS) is 21.0. The van der Waals surface area contributed by atoms with E-state index in [0.717, 1.165) is 18.2 Å². The number of hydrogen-bond donors (Lipinski definition) is 0. The largest absolute Gasteiger partial charge is 0.472 e. The molecule has 7 heteroatoms. The van der Waals surface area contributed by atoms with E-state index in [4.69, 9.17) is 4.74 Å². The molecule has 0 N–H and O–H groups in total. The second kappa shape index (κ2) is 4.91. The number of hydrogen-bond acceptors (Lipinski definition) is 1. The van der Waals surface area contributed by atoms with Gasteiger partial charge in [0.05, 0.1) is 5.56 Å². The van der Waals surface area contributed by atoms with E-state index < -0.39 is 35.5 Å². The highest BCUT2D eigenvalue weighted by Crippen LogP contribution is 2.51. The van der Waals surface area contributed by atoms with E-state index in [9.17, 15) is 26.3 Å². The van der Waals surface area contributed by atoms with Gasteiger partial charge in [-0.05, 0) is 35.9 Å². The van der Waals surface area contributed by atoms with E-state index in [2.05, 4.69) is 6.07 Å². The van der Waals surface area contributed by atoms with Gasteiger partial charge in [0.25, 0.3) is 0 Å². The van der Waals surface area contributed by atoms with Gasteiger partial charge < -0.3 is 4.74 Å². The molecule has 2 aromatic carbocycles. The maximum Gasteiger partial charge on any atom is 0.432 e. The Balaban J connectivity index is 2.14. The van der Waals surface area contributed by atoms with Crippen molar-refractivity contribution in [1.29, 1.82) is 0 Å². The average molecular weight is 331 g/mol. The second-order valence-electron chi connectivity index (χ2n) is 5.22. The molecule has 0 saturated carbocycles. The van der Waals surface area contributed by atoms with Crippen LogP contribution in [0.5, 0.6) is 5.75 Å². The minimum absolute atomic E-state index is 0.00140. The Bertz CT molecular complexity index is 707. The Kier molecular flexibility index (Phi) is 3.35. The first-order valence-corrected chi connectivity index (χ1v) is 6.56. The van der Waals surface area contributed by atoms with E-state index in [0.29, 0.717) is 6.07 Å². The van der Waals surface area contributed by atoms with Crippen molar-refractivity contribution < 1.29 is 31.1 Å². The predicted molar refractivity (Wildman–Crippen MR) is 68.8 cm³/mol. The molecule has 121 valence electrons. The lowest BCUT2D eigenvalue weighted by Crippen LogP contribution is -2.46. The summed E-state index contributed by atoms with van der Waals surface area (Å²) in [5.41, 5.74) is -4.30. The van der Waals surface area contributed by atoms with Crippen LogP contribution in [0, 0.1) is 6.07 Å². The van der Waals surface area contributed by atoms with Crippen molar-refractivity contribution in [1.82, 2.24) is 0 Å². The van der Waals surface area contributed by atoms with Crippen molar-refractivity contribution >= 4 is 0 Å². The fraction of sp³-hybridized carbons (Fsp3) is 0.250. The Morgan fingerprint density at radius 3 is 2.39 bits per heavy atom. The molecule has 0 spiro atoms. The minimum Gasteiger partial charge on any atom is -0.472 e. The van der Waals surface area contributed by atoms with Crippen LogP contribution in [0.2, 0.25) is 0 Å². The predicted octanol–water partition coefficient (Wildman–Crippen LogP) is 4.90. The van der Waals surface area contributed by atoms with Crippen LogP contribution in [0.3, 0.4) is 0 Å². The zero-order chi connectivity index (χ0) is 16.9. The number of ether oxygens (including phenoxy) is 1. The molecule has 0 fully saturated rings. The quantitative estimate of drug-likeness (QED) is 0.676. The van der Waals surface area contributed by atoms with Crippen molar-refractivity contribution in [3.8, 4) is 5.75 Å². The van der Waals surface area contributed by atoms with Gasteiger partial charge in [-0.1, -0.05) is 18.2 Å². The van der Waals surface area contributed by atoms with E-state index in [1.54, 1.807) is 0 Å². The molecule has 0 bridgehead atoms. The third-order valence-corrected chi connectivity index (χ3v) is 3.74. The molecule has 1 unspecified atom stereocenters. The number of halogens is 6. The third-order valence-electron chi connectivity index (χ3n) is 3.74. The summed E-state index contributed by atoms with van der Waals surface area (Å²) in [5.74, 6) is -0.00140. The number of rotatable bonds is 1. The monoisotopic (exact) mass is 331 g/mol. The fourth-order valence-corrected chi connectivity index (χ4v) is 2.61. The third kappa shape index (κ3) is 2.54. The van der Waals surface area contributed by atoms with Gasteiger partial charge in [-0.15, -0.1) is 0 Å². The second-order valence-corrected chi connectivity index (χ2v) is 5.22. The van der Waals surface area contributed by atoms with Crippen molar-refractivity contribution in [2.24, 2.45) is 0 Å². The molecule has 0 saturated heterocycles. The van der Waals surface area contributed by atoms with Crippen LogP contribution in [-0.4, -0.2) is 6.18 Å². The van der Waals surface area contributed by atoms with Gasteiger partial charge in [0.15, 0.2) is 0 Å². The van der Waals surface area contributed by atoms with Crippen LogP contribution in [0.25, 0.3) is 0 Å². The summed E-state index contributed by atoms with van der Waals surface area (Å²) in [4.78, 5) is 0. The van der Waals surface area contributed by atoms with E-state index >= 15 is 0 Å². The van der Waals surface area contributed by atoms with E-state index in [-0.39, 0.29) is 11.3 Å². The molecule has 1 aliphatic rings. The molecule has 1 radical (unpaired) electrons. The molecule has 1 heterocycles. The smallest absolute Gasteiger partial charge is 0.432 e. The molecule has 2 aromatic rings. The molecule has 0 aliphatic carbocycles. The van der Waals surface area contributed by atoms with E-state index in [1.807, 2.05) is 0 Å². The summed E-state index contributed by atoms with van der Waals surface area (Å²) in [6.07, 6.45) is -10.2. The van der Waals surface area contributed by atoms with Gasteiger partial charge in [0, 0.05) is 12.0 Å². The topological polar surface area (TPSA) is 9.23 Å². The molecular weight excluding hydrogens is 322 g/mol. The molecule has 23 heavy (non-hydrogen) atoms. The van der Waals surface area contributed by atoms with Crippen LogP contribution in [-0.2, 0) is 18.2 Å². The Morgan fingerprint density at radius 1 is 1.04 bits per heavy atom. The van der Waals surface area contributed by atoms with Gasteiger partial charge in [-0.2, -0.15) is 26.3 Å². The zero-order valence-electron chi connectivity index (χ0n) is 11.4. The van der Waals surface area contributed by atoms with Gasteiger partial charge in [-0.25, -0.2) is 0 Å². The number of benzene rings is 2. The first-order chi connectivity index (χ1) is 10.6. The summed E-state index contributed by atoms with van der Waals surface area (Å²) < 4.78 is 84.6. The summed E-state index contributed by atoms with van der Waals surface area (Å²) >= 11 is 0. The lowest BCUT2D eigenvalue weighted by atomic mass is 9.87. The van der Waals surface area contributed by atoms with Gasteiger partial charge in [0.2, 0.25) is 5.60 Å². The van der Waals surface area contributed by atoms with Crippen molar-refractivity contribution in [3.63, 3.8) is 0 Å². The fourth-order valence-electron chi connectivity index (χ4n) is 2.61. The number of fused-ring (bicyclic) bond motifs is 1. The van der Waals surface area contributed by atoms with Crippen LogP contribution in [0.1, 0.15) is 16.7 Å². The lowest BCUT2D eigenvalue weighted by Gasteiger charge is -2.32. The Labute approximate surface area is 127 Å². The molecule has 1 nitrogen and oxygen atoms in total. The highest BCUT2D eigenvalue weighted by Gasteiger charge is 2.61. The van der Waals surface area contributed by atoms with Crippen LogP contribution in [0.4, 0.5) is 26.3 Å². The van der Waals surface area contributed by atoms with Crippen molar-refractivity contribution in [2.75, 3.05) is 0 Å². The standard InChI is InChI=1S/C16H9F6O/c17-15(18,19)12-6-3-5-11(8-12)14(16(20,21)22)9-10-4-1-2-7-13(10)23-14/h2-8H,9H2. The van der Waals surface area contributed by atoms with Crippen LogP contribution >= 0.6 is 0 Å². The maximum atomic E-state index is 13.7. The first-order valence-electron chi connectivity index (χ1n) is 6.56. The molecular formula is C16H9F6O. The molecule has 1 aliphatic heterocycles. The Morgan fingerprint density at radius 2 is 1.78 bits per heavy atom. The zero-order valence-corrected chi connectivity index (χ0v) is 11.4. The SMILES string of the molecule is FC(F)(F)c1cccc(C2(C(F)(F)F)Cc3c[c]ccc3O2)c1.